The summed E-state index contributed by atoms with van der Waals surface area (Å²) in [6.45, 7) is 4.26. The molecule has 0 aliphatic rings. The molecule has 0 spiro atoms. The zero-order valence-corrected chi connectivity index (χ0v) is 16.2. The maximum atomic E-state index is 12.6. The molecule has 1 aromatic heterocycles. The topological polar surface area (TPSA) is 91.1 Å². The quantitative estimate of drug-likeness (QED) is 0.584. The molecule has 0 fully saturated rings. The fourth-order valence-corrected chi connectivity index (χ4v) is 4.10. The van der Waals surface area contributed by atoms with Crippen molar-refractivity contribution in [3.05, 3.63) is 65.4 Å². The lowest BCUT2D eigenvalue weighted by Crippen LogP contribution is -2.27. The summed E-state index contributed by atoms with van der Waals surface area (Å²) in [4.78, 5) is 15.9. The van der Waals surface area contributed by atoms with E-state index < -0.39 is 10.0 Å². The van der Waals surface area contributed by atoms with E-state index in [1.165, 1.54) is 12.1 Å². The number of hydrogen-bond donors (Lipinski definition) is 3. The van der Waals surface area contributed by atoms with Crippen molar-refractivity contribution in [1.82, 2.24) is 15.0 Å². The Labute approximate surface area is 159 Å². The molecule has 3 rings (SSSR count). The number of aryl methyl sites for hydroxylation is 1. The summed E-state index contributed by atoms with van der Waals surface area (Å²) in [6, 6.07) is 12.6. The van der Waals surface area contributed by atoms with Crippen molar-refractivity contribution >= 4 is 26.8 Å². The Balaban J connectivity index is 1.71. The number of sulfonamides is 1. The largest absolute Gasteiger partial charge is 0.361 e. The molecule has 0 aliphatic heterocycles. The molecule has 0 saturated heterocycles. The summed E-state index contributed by atoms with van der Waals surface area (Å²) >= 11 is 0. The van der Waals surface area contributed by atoms with Gasteiger partial charge in [-0.2, -0.15) is 0 Å². The van der Waals surface area contributed by atoms with Crippen LogP contribution in [0.4, 0.5) is 0 Å². The molecule has 1 amide bonds. The summed E-state index contributed by atoms with van der Waals surface area (Å²) in [7, 11) is -3.60. The highest BCUT2D eigenvalue weighted by Gasteiger charge is 2.17. The number of hydrogen-bond acceptors (Lipinski definition) is 3. The molecule has 7 heteroatoms. The van der Waals surface area contributed by atoms with E-state index in [-0.39, 0.29) is 10.8 Å². The number of fused-ring (bicyclic) bond motifs is 1. The molecule has 3 aromatic rings. The summed E-state index contributed by atoms with van der Waals surface area (Å²) in [5.74, 6) is -0.277. The predicted octanol–water partition coefficient (Wildman–Crippen LogP) is 2.75. The summed E-state index contributed by atoms with van der Waals surface area (Å²) in [5.41, 5.74) is 3.30. The van der Waals surface area contributed by atoms with Gasteiger partial charge in [-0.25, -0.2) is 13.1 Å². The number of nitrogens with one attached hydrogen (secondary N) is 3. The standard InChI is InChI=1S/C20H23N3O3S/c1-3-23-27(25,26)16-9-8-14(2)18(12-16)20(24)21-11-10-15-13-22-19-7-5-4-6-17(15)19/h4-9,12-13,22-23H,3,10-11H2,1-2H3,(H,21,24). The normalized spacial score (nSPS) is 11.6. The fraction of sp³-hybridized carbons (Fsp3) is 0.250. The highest BCUT2D eigenvalue weighted by molar-refractivity contribution is 7.89. The van der Waals surface area contributed by atoms with Crippen molar-refractivity contribution in [2.24, 2.45) is 0 Å². The van der Waals surface area contributed by atoms with Crippen LogP contribution in [0.2, 0.25) is 0 Å². The van der Waals surface area contributed by atoms with Crippen molar-refractivity contribution in [3.8, 4) is 0 Å². The zero-order valence-electron chi connectivity index (χ0n) is 15.4. The first-order valence-electron chi connectivity index (χ1n) is 8.86. The molecule has 0 atom stereocenters. The van der Waals surface area contributed by atoms with Crippen LogP contribution < -0.4 is 10.0 Å². The molecular formula is C20H23N3O3S. The number of aromatic amines is 1. The Hall–Kier alpha value is -2.64. The van der Waals surface area contributed by atoms with Gasteiger partial charge in [0.15, 0.2) is 0 Å². The second-order valence-corrected chi connectivity index (χ2v) is 8.11. The van der Waals surface area contributed by atoms with E-state index in [4.69, 9.17) is 0 Å². The van der Waals surface area contributed by atoms with Crippen LogP contribution in [0.5, 0.6) is 0 Å². The van der Waals surface area contributed by atoms with Gasteiger partial charge in [0.05, 0.1) is 4.90 Å². The summed E-state index contributed by atoms with van der Waals surface area (Å²) in [6.07, 6.45) is 2.63. The van der Waals surface area contributed by atoms with Crippen molar-refractivity contribution in [2.45, 2.75) is 25.2 Å². The van der Waals surface area contributed by atoms with Gasteiger partial charge in [-0.1, -0.05) is 31.2 Å². The maximum absolute atomic E-state index is 12.6. The average Bonchev–Trinajstić information content (AvgIpc) is 3.05. The Kier molecular flexibility index (Phi) is 5.62. The van der Waals surface area contributed by atoms with Gasteiger partial charge < -0.3 is 10.3 Å². The third kappa shape index (κ3) is 4.20. The Morgan fingerprint density at radius 2 is 1.93 bits per heavy atom. The molecule has 27 heavy (non-hydrogen) atoms. The summed E-state index contributed by atoms with van der Waals surface area (Å²) in [5, 5.41) is 4.03. The third-order valence-electron chi connectivity index (χ3n) is 4.45. The molecule has 3 N–H and O–H groups in total. The number of aromatic nitrogens is 1. The first-order chi connectivity index (χ1) is 12.9. The maximum Gasteiger partial charge on any atom is 0.251 e. The van der Waals surface area contributed by atoms with Gasteiger partial charge in [0.25, 0.3) is 5.91 Å². The van der Waals surface area contributed by atoms with Crippen LogP contribution in [0, 0.1) is 6.92 Å². The van der Waals surface area contributed by atoms with Gasteiger partial charge in [-0.05, 0) is 42.7 Å². The van der Waals surface area contributed by atoms with Gasteiger partial charge in [0.2, 0.25) is 10.0 Å². The Morgan fingerprint density at radius 1 is 1.15 bits per heavy atom. The minimum Gasteiger partial charge on any atom is -0.361 e. The van der Waals surface area contributed by atoms with Crippen LogP contribution in [0.1, 0.15) is 28.4 Å². The lowest BCUT2D eigenvalue weighted by atomic mass is 10.1. The van der Waals surface area contributed by atoms with Gasteiger partial charge >= 0.3 is 0 Å². The molecule has 2 aromatic carbocycles. The van der Waals surface area contributed by atoms with Crippen molar-refractivity contribution < 1.29 is 13.2 Å². The second-order valence-electron chi connectivity index (χ2n) is 6.34. The van der Waals surface area contributed by atoms with Crippen molar-refractivity contribution in [3.63, 3.8) is 0 Å². The Morgan fingerprint density at radius 3 is 2.70 bits per heavy atom. The van der Waals surface area contributed by atoms with Crippen LogP contribution in [0.25, 0.3) is 10.9 Å². The fourth-order valence-electron chi connectivity index (χ4n) is 3.03. The molecule has 1 heterocycles. The predicted molar refractivity (Wildman–Crippen MR) is 106 cm³/mol. The van der Waals surface area contributed by atoms with Crippen LogP contribution in [0.3, 0.4) is 0 Å². The molecule has 0 bridgehead atoms. The number of amides is 1. The molecule has 6 nitrogen and oxygen atoms in total. The molecule has 0 aliphatic carbocycles. The van der Waals surface area contributed by atoms with E-state index in [0.717, 1.165) is 22.0 Å². The number of carbonyl (C=O) groups is 1. The van der Waals surface area contributed by atoms with E-state index >= 15 is 0 Å². The number of rotatable bonds is 7. The molecule has 0 unspecified atom stereocenters. The minimum absolute atomic E-state index is 0.0942. The molecular weight excluding hydrogens is 362 g/mol. The number of benzene rings is 2. The van der Waals surface area contributed by atoms with E-state index in [2.05, 4.69) is 15.0 Å². The van der Waals surface area contributed by atoms with Crippen LogP contribution in [0.15, 0.2) is 53.6 Å². The third-order valence-corrected chi connectivity index (χ3v) is 6.00. The highest BCUT2D eigenvalue weighted by atomic mass is 32.2. The van der Waals surface area contributed by atoms with Crippen LogP contribution >= 0.6 is 0 Å². The molecule has 0 saturated carbocycles. The second kappa shape index (κ2) is 7.94. The lowest BCUT2D eigenvalue weighted by Gasteiger charge is -2.10. The first-order valence-corrected chi connectivity index (χ1v) is 10.3. The minimum atomic E-state index is -3.60. The Bertz CT molecular complexity index is 1070. The van der Waals surface area contributed by atoms with E-state index in [0.29, 0.717) is 25.1 Å². The number of para-hydroxylation sites is 1. The molecule has 142 valence electrons. The van der Waals surface area contributed by atoms with Crippen molar-refractivity contribution in [2.75, 3.05) is 13.1 Å². The van der Waals surface area contributed by atoms with E-state index in [1.54, 1.807) is 19.9 Å². The van der Waals surface area contributed by atoms with Gasteiger partial charge in [0, 0.05) is 35.8 Å². The highest BCUT2D eigenvalue weighted by Crippen LogP contribution is 2.18. The van der Waals surface area contributed by atoms with Crippen molar-refractivity contribution in [1.29, 1.82) is 0 Å². The smallest absolute Gasteiger partial charge is 0.251 e. The lowest BCUT2D eigenvalue weighted by molar-refractivity contribution is 0.0953. The average molecular weight is 385 g/mol. The number of carbonyl (C=O) groups excluding carboxylic acids is 1. The van der Waals surface area contributed by atoms with E-state index in [1.807, 2.05) is 30.5 Å². The zero-order chi connectivity index (χ0) is 19.4. The SMILES string of the molecule is CCNS(=O)(=O)c1ccc(C)c(C(=O)NCCc2c[nH]c3ccccc23)c1. The monoisotopic (exact) mass is 385 g/mol. The number of H-pyrrole nitrogens is 1. The van der Waals surface area contributed by atoms with Gasteiger partial charge in [-0.3, -0.25) is 4.79 Å². The first kappa shape index (κ1) is 19.1. The summed E-state index contributed by atoms with van der Waals surface area (Å²) < 4.78 is 26.8. The van der Waals surface area contributed by atoms with Gasteiger partial charge in [0.1, 0.15) is 0 Å². The van der Waals surface area contributed by atoms with Crippen LogP contribution in [-0.2, 0) is 16.4 Å². The van der Waals surface area contributed by atoms with Crippen LogP contribution in [-0.4, -0.2) is 32.4 Å². The van der Waals surface area contributed by atoms with E-state index in [9.17, 15) is 13.2 Å². The molecule has 0 radical (unpaired) electrons. The van der Waals surface area contributed by atoms with Gasteiger partial charge in [-0.15, -0.1) is 0 Å².